The van der Waals surface area contributed by atoms with Crippen LogP contribution in [0.15, 0.2) is 36.4 Å². The molecule has 0 unspecified atom stereocenters. The van der Waals surface area contributed by atoms with Gasteiger partial charge >= 0.3 is 0 Å². The molecule has 0 fully saturated rings. The zero-order valence-electron chi connectivity index (χ0n) is 13.2. The highest BCUT2D eigenvalue weighted by molar-refractivity contribution is 5.94. The molecule has 3 rings (SSSR count). The number of rotatable bonds is 4. The Morgan fingerprint density at radius 3 is 2.55 bits per heavy atom. The topological polar surface area (TPSA) is 41.1 Å². The van der Waals surface area contributed by atoms with E-state index in [4.69, 9.17) is 0 Å². The van der Waals surface area contributed by atoms with Gasteiger partial charge in [-0.05, 0) is 67.5 Å². The average molecular weight is 294 g/mol. The molecule has 2 N–H and O–H groups in total. The molecule has 2 aromatic rings. The van der Waals surface area contributed by atoms with Crippen LogP contribution in [0, 0.1) is 13.8 Å². The fraction of sp³-hybridized carbons (Fsp3) is 0.316. The van der Waals surface area contributed by atoms with Gasteiger partial charge in [-0.15, -0.1) is 0 Å². The van der Waals surface area contributed by atoms with Crippen LogP contribution in [0.4, 0.5) is 11.4 Å². The number of amides is 1. The Kier molecular flexibility index (Phi) is 4.14. The Morgan fingerprint density at radius 2 is 1.77 bits per heavy atom. The molecule has 1 amide bonds. The third kappa shape index (κ3) is 3.14. The van der Waals surface area contributed by atoms with Gasteiger partial charge in [-0.25, -0.2) is 0 Å². The summed E-state index contributed by atoms with van der Waals surface area (Å²) in [5.74, 6) is -0.0133. The lowest BCUT2D eigenvalue weighted by Crippen LogP contribution is -2.22. The molecule has 2 aromatic carbocycles. The number of aryl methyl sites for hydroxylation is 4. The van der Waals surface area contributed by atoms with E-state index < -0.39 is 0 Å². The van der Waals surface area contributed by atoms with E-state index in [1.165, 1.54) is 17.5 Å². The second-order valence-electron chi connectivity index (χ2n) is 6.01. The van der Waals surface area contributed by atoms with Crippen LogP contribution in [0.2, 0.25) is 0 Å². The molecule has 0 bridgehead atoms. The summed E-state index contributed by atoms with van der Waals surface area (Å²) in [6.45, 7) is 4.38. The highest BCUT2D eigenvalue weighted by Crippen LogP contribution is 2.25. The van der Waals surface area contributed by atoms with E-state index in [1.54, 1.807) is 0 Å². The molecule has 1 aliphatic carbocycles. The predicted molar refractivity (Wildman–Crippen MR) is 91.5 cm³/mol. The lowest BCUT2D eigenvalue weighted by molar-refractivity contribution is -0.114. The first-order chi connectivity index (χ1) is 10.6. The van der Waals surface area contributed by atoms with Crippen molar-refractivity contribution in [3.8, 4) is 0 Å². The third-order valence-corrected chi connectivity index (χ3v) is 4.29. The second-order valence-corrected chi connectivity index (χ2v) is 6.01. The largest absolute Gasteiger partial charge is 0.376 e. The first-order valence-corrected chi connectivity index (χ1v) is 7.85. The van der Waals surface area contributed by atoms with Crippen LogP contribution in [0.3, 0.4) is 0 Å². The number of anilines is 2. The van der Waals surface area contributed by atoms with Crippen molar-refractivity contribution in [1.82, 2.24) is 0 Å². The Labute approximate surface area is 131 Å². The van der Waals surface area contributed by atoms with Crippen molar-refractivity contribution in [2.45, 2.75) is 33.1 Å². The monoisotopic (exact) mass is 294 g/mol. The summed E-state index contributed by atoms with van der Waals surface area (Å²) in [7, 11) is 0. The van der Waals surface area contributed by atoms with Gasteiger partial charge in [0.25, 0.3) is 0 Å². The van der Waals surface area contributed by atoms with E-state index in [0.717, 1.165) is 35.3 Å². The summed E-state index contributed by atoms with van der Waals surface area (Å²) < 4.78 is 0. The molecule has 1 aliphatic rings. The molecule has 0 atom stereocenters. The molecular weight excluding hydrogens is 272 g/mol. The number of carbonyl (C=O) groups excluding carboxylic acids is 1. The van der Waals surface area contributed by atoms with Gasteiger partial charge in [0.1, 0.15) is 0 Å². The second kappa shape index (κ2) is 6.22. The van der Waals surface area contributed by atoms with Crippen molar-refractivity contribution in [2.24, 2.45) is 0 Å². The zero-order chi connectivity index (χ0) is 15.5. The summed E-state index contributed by atoms with van der Waals surface area (Å²) in [4.78, 5) is 12.1. The van der Waals surface area contributed by atoms with Crippen molar-refractivity contribution in [1.29, 1.82) is 0 Å². The summed E-state index contributed by atoms with van der Waals surface area (Å²) >= 11 is 0. The van der Waals surface area contributed by atoms with Gasteiger partial charge in [0.15, 0.2) is 0 Å². The van der Waals surface area contributed by atoms with Gasteiger partial charge in [-0.1, -0.05) is 24.3 Å². The minimum atomic E-state index is -0.0133. The number of para-hydroxylation sites is 1. The number of fused-ring (bicyclic) bond motifs is 1. The molecule has 22 heavy (non-hydrogen) atoms. The molecule has 0 radical (unpaired) electrons. The van der Waals surface area contributed by atoms with E-state index in [-0.39, 0.29) is 12.5 Å². The summed E-state index contributed by atoms with van der Waals surface area (Å²) in [5, 5.41) is 6.22. The van der Waals surface area contributed by atoms with Gasteiger partial charge in [0, 0.05) is 11.4 Å². The first-order valence-electron chi connectivity index (χ1n) is 7.85. The normalized spacial score (nSPS) is 12.8. The lowest BCUT2D eigenvalue weighted by atomic mass is 10.1. The first kappa shape index (κ1) is 14.6. The van der Waals surface area contributed by atoms with Crippen LogP contribution in [0.25, 0.3) is 0 Å². The summed E-state index contributed by atoms with van der Waals surface area (Å²) in [6, 6.07) is 12.4. The fourth-order valence-corrected chi connectivity index (χ4v) is 3.12. The van der Waals surface area contributed by atoms with Crippen LogP contribution < -0.4 is 10.6 Å². The minimum absolute atomic E-state index is 0.0133. The van der Waals surface area contributed by atoms with Crippen LogP contribution >= 0.6 is 0 Å². The Bertz CT molecular complexity index is 686. The molecule has 3 nitrogen and oxygen atoms in total. The molecule has 0 heterocycles. The molecule has 3 heteroatoms. The maximum Gasteiger partial charge on any atom is 0.243 e. The Morgan fingerprint density at radius 1 is 1.05 bits per heavy atom. The average Bonchev–Trinajstić information content (AvgIpc) is 2.94. The third-order valence-electron chi connectivity index (χ3n) is 4.29. The van der Waals surface area contributed by atoms with Crippen molar-refractivity contribution in [2.75, 3.05) is 17.2 Å². The number of hydrogen-bond acceptors (Lipinski definition) is 2. The maximum atomic E-state index is 12.1. The summed E-state index contributed by atoms with van der Waals surface area (Å²) in [6.07, 6.45) is 3.51. The van der Waals surface area contributed by atoms with Crippen molar-refractivity contribution < 1.29 is 4.79 Å². The fourth-order valence-electron chi connectivity index (χ4n) is 3.12. The molecular formula is C19H22N2O. The van der Waals surface area contributed by atoms with Gasteiger partial charge in [0.05, 0.1) is 6.54 Å². The van der Waals surface area contributed by atoms with Crippen LogP contribution in [-0.2, 0) is 17.6 Å². The van der Waals surface area contributed by atoms with E-state index in [2.05, 4.69) is 22.8 Å². The number of benzene rings is 2. The molecule has 114 valence electrons. The van der Waals surface area contributed by atoms with Gasteiger partial charge < -0.3 is 10.6 Å². The van der Waals surface area contributed by atoms with E-state index in [1.807, 2.05) is 38.1 Å². The van der Waals surface area contributed by atoms with Crippen molar-refractivity contribution in [3.63, 3.8) is 0 Å². The molecule has 0 aliphatic heterocycles. The Hall–Kier alpha value is -2.29. The molecule has 0 spiro atoms. The minimum Gasteiger partial charge on any atom is -0.376 e. The van der Waals surface area contributed by atoms with Crippen molar-refractivity contribution in [3.05, 3.63) is 58.7 Å². The highest BCUT2D eigenvalue weighted by atomic mass is 16.1. The smallest absolute Gasteiger partial charge is 0.243 e. The van der Waals surface area contributed by atoms with Crippen LogP contribution in [-0.4, -0.2) is 12.5 Å². The van der Waals surface area contributed by atoms with Crippen LogP contribution in [0.5, 0.6) is 0 Å². The van der Waals surface area contributed by atoms with E-state index >= 15 is 0 Å². The summed E-state index contributed by atoms with van der Waals surface area (Å²) in [5.41, 5.74) is 7.06. The number of hydrogen-bond donors (Lipinski definition) is 2. The molecule has 0 saturated carbocycles. The SMILES string of the molecule is Cc1cccc(C)c1NCC(=O)Nc1ccc2c(c1)CCC2. The van der Waals surface area contributed by atoms with Gasteiger partial charge in [0.2, 0.25) is 5.91 Å². The Balaban J connectivity index is 1.61. The highest BCUT2D eigenvalue weighted by Gasteiger charge is 2.12. The van der Waals surface area contributed by atoms with E-state index in [0.29, 0.717) is 0 Å². The molecule has 0 aromatic heterocycles. The van der Waals surface area contributed by atoms with Crippen molar-refractivity contribution >= 4 is 17.3 Å². The molecule has 0 saturated heterocycles. The van der Waals surface area contributed by atoms with Gasteiger partial charge in [-0.3, -0.25) is 4.79 Å². The van der Waals surface area contributed by atoms with E-state index in [9.17, 15) is 4.79 Å². The number of carbonyl (C=O) groups is 1. The standard InChI is InChI=1S/C19H22N2O/c1-13-5-3-6-14(2)19(13)20-12-18(22)21-17-10-9-15-7-4-8-16(15)11-17/h3,5-6,9-11,20H,4,7-8,12H2,1-2H3,(H,21,22). The zero-order valence-corrected chi connectivity index (χ0v) is 13.2. The maximum absolute atomic E-state index is 12.1. The lowest BCUT2D eigenvalue weighted by Gasteiger charge is -2.13. The number of nitrogens with one attached hydrogen (secondary N) is 2. The quantitative estimate of drug-likeness (QED) is 0.899. The van der Waals surface area contributed by atoms with Crippen LogP contribution in [0.1, 0.15) is 28.7 Å². The predicted octanol–water partition coefficient (Wildman–Crippen LogP) is 3.84. The van der Waals surface area contributed by atoms with Gasteiger partial charge in [-0.2, -0.15) is 0 Å².